The zero-order valence-corrected chi connectivity index (χ0v) is 16.2. The fraction of sp³-hybridized carbons (Fsp3) is 0.208. The molecule has 0 fully saturated rings. The molecule has 1 amide bonds. The third-order valence-corrected chi connectivity index (χ3v) is 5.04. The van der Waals surface area contributed by atoms with Crippen molar-refractivity contribution in [3.8, 4) is 5.75 Å². The Kier molecular flexibility index (Phi) is 4.78. The van der Waals surface area contributed by atoms with Crippen LogP contribution in [0.2, 0.25) is 0 Å². The molecule has 0 aromatic heterocycles. The maximum atomic E-state index is 13.2. The summed E-state index contributed by atoms with van der Waals surface area (Å²) >= 11 is 0. The molecule has 4 rings (SSSR count). The van der Waals surface area contributed by atoms with Crippen molar-refractivity contribution in [3.63, 3.8) is 0 Å². The number of nitrogens with one attached hydrogen (secondary N) is 1. The van der Waals surface area contributed by atoms with E-state index < -0.39 is 0 Å². The van der Waals surface area contributed by atoms with Crippen molar-refractivity contribution in [3.05, 3.63) is 83.9 Å². The summed E-state index contributed by atoms with van der Waals surface area (Å²) in [6.45, 7) is 8.92. The highest BCUT2D eigenvalue weighted by molar-refractivity contribution is 6.02. The fourth-order valence-corrected chi connectivity index (χ4v) is 3.73. The van der Waals surface area contributed by atoms with E-state index in [4.69, 9.17) is 4.74 Å². The molecule has 142 valence electrons. The van der Waals surface area contributed by atoms with Crippen molar-refractivity contribution < 1.29 is 9.53 Å². The second kappa shape index (κ2) is 7.39. The minimum Gasteiger partial charge on any atom is -0.489 e. The van der Waals surface area contributed by atoms with Crippen molar-refractivity contribution in [2.75, 3.05) is 18.5 Å². The summed E-state index contributed by atoms with van der Waals surface area (Å²) in [5, 5.41) is 5.76. The van der Waals surface area contributed by atoms with Crippen LogP contribution in [-0.4, -0.2) is 24.0 Å². The Labute approximate surface area is 165 Å². The first kappa shape index (κ1) is 18.1. The van der Waals surface area contributed by atoms with E-state index >= 15 is 0 Å². The monoisotopic (exact) mass is 372 g/mol. The second-order valence-electron chi connectivity index (χ2n) is 7.13. The SMILES string of the molecule is C=C(C)COc1ccc2ccccc2c1C1Nc2ccccc2C(=O)N1CC. The van der Waals surface area contributed by atoms with E-state index in [1.807, 2.05) is 61.2 Å². The van der Waals surface area contributed by atoms with Crippen LogP contribution < -0.4 is 10.1 Å². The molecule has 4 nitrogen and oxygen atoms in total. The van der Waals surface area contributed by atoms with Crippen molar-refractivity contribution in [2.45, 2.75) is 20.0 Å². The Balaban J connectivity index is 1.90. The molecule has 3 aromatic carbocycles. The number of hydrogen-bond acceptors (Lipinski definition) is 3. The average Bonchev–Trinajstić information content (AvgIpc) is 2.71. The van der Waals surface area contributed by atoms with E-state index in [2.05, 4.69) is 30.1 Å². The molecule has 4 heteroatoms. The van der Waals surface area contributed by atoms with Crippen LogP contribution in [0.5, 0.6) is 5.75 Å². The molecule has 0 aliphatic carbocycles. The minimum atomic E-state index is -0.307. The Hall–Kier alpha value is -3.27. The standard InChI is InChI=1S/C24H24N2O2/c1-4-26-23(25-20-12-8-7-11-19(20)24(26)27)22-18-10-6-5-9-17(18)13-14-21(22)28-15-16(2)3/h5-14,23,25H,2,4,15H2,1,3H3. The number of amides is 1. The van der Waals surface area contributed by atoms with Gasteiger partial charge in [0.2, 0.25) is 0 Å². The van der Waals surface area contributed by atoms with E-state index in [1.54, 1.807) is 0 Å². The van der Waals surface area contributed by atoms with Gasteiger partial charge < -0.3 is 15.0 Å². The molecule has 3 aromatic rings. The van der Waals surface area contributed by atoms with Crippen LogP contribution >= 0.6 is 0 Å². The van der Waals surface area contributed by atoms with Crippen LogP contribution in [0.4, 0.5) is 5.69 Å². The third-order valence-electron chi connectivity index (χ3n) is 5.04. The smallest absolute Gasteiger partial charge is 0.257 e. The van der Waals surface area contributed by atoms with Crippen molar-refractivity contribution in [1.82, 2.24) is 4.90 Å². The molecule has 1 aliphatic rings. The molecule has 0 radical (unpaired) electrons. The molecule has 0 spiro atoms. The zero-order valence-electron chi connectivity index (χ0n) is 16.2. The summed E-state index contributed by atoms with van der Waals surface area (Å²) in [4.78, 5) is 15.0. The lowest BCUT2D eigenvalue weighted by Gasteiger charge is -2.38. The molecule has 28 heavy (non-hydrogen) atoms. The lowest BCUT2D eigenvalue weighted by Crippen LogP contribution is -2.43. The number of carbonyl (C=O) groups is 1. The molecule has 1 aliphatic heterocycles. The number of ether oxygens (including phenoxy) is 1. The summed E-state index contributed by atoms with van der Waals surface area (Å²) in [6.07, 6.45) is -0.307. The number of para-hydroxylation sites is 1. The first-order valence-corrected chi connectivity index (χ1v) is 9.55. The van der Waals surface area contributed by atoms with Gasteiger partial charge in [-0.15, -0.1) is 0 Å². The van der Waals surface area contributed by atoms with Gasteiger partial charge in [-0.3, -0.25) is 4.79 Å². The van der Waals surface area contributed by atoms with Crippen LogP contribution in [0, 0.1) is 0 Å². The lowest BCUT2D eigenvalue weighted by atomic mass is 9.97. The highest BCUT2D eigenvalue weighted by atomic mass is 16.5. The van der Waals surface area contributed by atoms with Crippen LogP contribution in [0.15, 0.2) is 72.8 Å². The number of fused-ring (bicyclic) bond motifs is 2. The highest BCUT2D eigenvalue weighted by Gasteiger charge is 2.34. The summed E-state index contributed by atoms with van der Waals surface area (Å²) in [7, 11) is 0. The Morgan fingerprint density at radius 3 is 2.64 bits per heavy atom. The van der Waals surface area contributed by atoms with Gasteiger partial charge in [0.15, 0.2) is 0 Å². The molecule has 0 bridgehead atoms. The lowest BCUT2D eigenvalue weighted by molar-refractivity contribution is 0.0694. The van der Waals surface area contributed by atoms with Gasteiger partial charge in [-0.05, 0) is 48.4 Å². The van der Waals surface area contributed by atoms with E-state index in [-0.39, 0.29) is 12.1 Å². The first-order valence-electron chi connectivity index (χ1n) is 9.55. The Bertz CT molecular complexity index is 1060. The van der Waals surface area contributed by atoms with E-state index in [0.29, 0.717) is 18.7 Å². The van der Waals surface area contributed by atoms with E-state index in [0.717, 1.165) is 33.3 Å². The summed E-state index contributed by atoms with van der Waals surface area (Å²) < 4.78 is 6.10. The van der Waals surface area contributed by atoms with Crippen molar-refractivity contribution in [1.29, 1.82) is 0 Å². The van der Waals surface area contributed by atoms with Gasteiger partial charge in [0.1, 0.15) is 18.5 Å². The molecule has 1 N–H and O–H groups in total. The Morgan fingerprint density at radius 1 is 1.11 bits per heavy atom. The molecule has 0 saturated carbocycles. The van der Waals surface area contributed by atoms with Gasteiger partial charge in [-0.1, -0.05) is 49.0 Å². The number of carbonyl (C=O) groups excluding carboxylic acids is 1. The van der Waals surface area contributed by atoms with Gasteiger partial charge >= 0.3 is 0 Å². The Morgan fingerprint density at radius 2 is 1.86 bits per heavy atom. The predicted molar refractivity (Wildman–Crippen MR) is 114 cm³/mol. The first-order chi connectivity index (χ1) is 13.6. The average molecular weight is 372 g/mol. The van der Waals surface area contributed by atoms with Crippen LogP contribution in [0.25, 0.3) is 10.8 Å². The topological polar surface area (TPSA) is 41.6 Å². The number of nitrogens with zero attached hydrogens (tertiary/aromatic N) is 1. The van der Waals surface area contributed by atoms with Gasteiger partial charge in [0, 0.05) is 17.8 Å². The van der Waals surface area contributed by atoms with E-state index in [1.165, 1.54) is 0 Å². The van der Waals surface area contributed by atoms with E-state index in [9.17, 15) is 4.79 Å². The fourth-order valence-electron chi connectivity index (χ4n) is 3.73. The zero-order chi connectivity index (χ0) is 19.7. The number of hydrogen-bond donors (Lipinski definition) is 1. The highest BCUT2D eigenvalue weighted by Crippen LogP contribution is 2.40. The quantitative estimate of drug-likeness (QED) is 0.611. The maximum absolute atomic E-state index is 13.2. The maximum Gasteiger partial charge on any atom is 0.257 e. The number of benzene rings is 3. The summed E-state index contributed by atoms with van der Waals surface area (Å²) in [5.41, 5.74) is 3.47. The third kappa shape index (κ3) is 3.11. The second-order valence-corrected chi connectivity index (χ2v) is 7.13. The molecular weight excluding hydrogens is 348 g/mol. The normalized spacial score (nSPS) is 15.9. The van der Waals surface area contributed by atoms with Gasteiger partial charge in [-0.2, -0.15) is 0 Å². The predicted octanol–water partition coefficient (Wildman–Crippen LogP) is 5.38. The molecule has 0 saturated heterocycles. The van der Waals surface area contributed by atoms with Gasteiger partial charge in [0.25, 0.3) is 5.91 Å². The molecule has 1 atom stereocenters. The van der Waals surface area contributed by atoms with Crippen LogP contribution in [-0.2, 0) is 0 Å². The van der Waals surface area contributed by atoms with Crippen LogP contribution in [0.3, 0.4) is 0 Å². The van der Waals surface area contributed by atoms with Crippen molar-refractivity contribution in [2.24, 2.45) is 0 Å². The van der Waals surface area contributed by atoms with Crippen LogP contribution in [0.1, 0.15) is 35.9 Å². The molecular formula is C24H24N2O2. The minimum absolute atomic E-state index is 0.0284. The largest absolute Gasteiger partial charge is 0.489 e. The van der Waals surface area contributed by atoms with Crippen molar-refractivity contribution >= 4 is 22.4 Å². The molecule has 1 unspecified atom stereocenters. The summed E-state index contributed by atoms with van der Waals surface area (Å²) in [5.74, 6) is 0.797. The number of anilines is 1. The van der Waals surface area contributed by atoms with Gasteiger partial charge in [-0.25, -0.2) is 0 Å². The van der Waals surface area contributed by atoms with Gasteiger partial charge in [0.05, 0.1) is 5.56 Å². The molecule has 1 heterocycles. The number of rotatable bonds is 5. The summed E-state index contributed by atoms with van der Waals surface area (Å²) in [6, 6.07) is 19.9.